The number of likely N-dealkylation sites (tertiary alicyclic amines) is 1. The minimum absolute atomic E-state index is 0.0148. The van der Waals surface area contributed by atoms with Gasteiger partial charge in [-0.3, -0.25) is 4.79 Å². The molecule has 162 valence electrons. The standard InChI is InChI=1S/C23H28Cl2N2O3/c1-17(15-29-21-6-2-18(24)3-7-21)14-27-12-10-20(11-13-27)26-23(28)16-30-22-8-4-19(25)5-9-22/h2-9,17,20H,10-16H2,1H3,(H,26,28). The van der Waals surface area contributed by atoms with Gasteiger partial charge in [-0.15, -0.1) is 0 Å². The highest BCUT2D eigenvalue weighted by Gasteiger charge is 2.22. The van der Waals surface area contributed by atoms with Crippen molar-refractivity contribution in [2.45, 2.75) is 25.8 Å². The summed E-state index contributed by atoms with van der Waals surface area (Å²) in [5, 5.41) is 4.43. The van der Waals surface area contributed by atoms with Gasteiger partial charge >= 0.3 is 0 Å². The topological polar surface area (TPSA) is 50.8 Å². The molecule has 1 fully saturated rings. The number of carbonyl (C=O) groups is 1. The number of rotatable bonds is 9. The lowest BCUT2D eigenvalue weighted by atomic mass is 10.0. The molecule has 1 heterocycles. The van der Waals surface area contributed by atoms with Crippen molar-refractivity contribution in [1.82, 2.24) is 10.2 Å². The maximum atomic E-state index is 12.2. The lowest BCUT2D eigenvalue weighted by Gasteiger charge is -2.33. The lowest BCUT2D eigenvalue weighted by Crippen LogP contribution is -2.47. The van der Waals surface area contributed by atoms with Crippen LogP contribution in [0, 0.1) is 5.92 Å². The highest BCUT2D eigenvalue weighted by Crippen LogP contribution is 2.18. The van der Waals surface area contributed by atoms with Crippen LogP contribution >= 0.6 is 23.2 Å². The third-order valence-electron chi connectivity index (χ3n) is 5.05. The number of benzene rings is 2. The highest BCUT2D eigenvalue weighted by molar-refractivity contribution is 6.30. The highest BCUT2D eigenvalue weighted by atomic mass is 35.5. The molecule has 1 atom stereocenters. The van der Waals surface area contributed by atoms with Crippen LogP contribution in [0.15, 0.2) is 48.5 Å². The maximum absolute atomic E-state index is 12.2. The number of ether oxygens (including phenoxy) is 2. The van der Waals surface area contributed by atoms with E-state index in [2.05, 4.69) is 17.1 Å². The van der Waals surface area contributed by atoms with E-state index in [1.54, 1.807) is 24.3 Å². The van der Waals surface area contributed by atoms with Crippen LogP contribution in [-0.4, -0.2) is 49.7 Å². The average molecular weight is 451 g/mol. The quantitative estimate of drug-likeness (QED) is 0.602. The van der Waals surface area contributed by atoms with Crippen molar-refractivity contribution in [1.29, 1.82) is 0 Å². The molecular formula is C23H28Cl2N2O3. The SMILES string of the molecule is CC(COc1ccc(Cl)cc1)CN1CCC(NC(=O)COc2ccc(Cl)cc2)CC1. The molecule has 1 unspecified atom stereocenters. The van der Waals surface area contributed by atoms with Crippen LogP contribution in [0.25, 0.3) is 0 Å². The summed E-state index contributed by atoms with van der Waals surface area (Å²) in [6.07, 6.45) is 1.88. The third-order valence-corrected chi connectivity index (χ3v) is 5.56. The van der Waals surface area contributed by atoms with Gasteiger partial charge in [0, 0.05) is 41.6 Å². The molecule has 1 saturated heterocycles. The zero-order valence-corrected chi connectivity index (χ0v) is 18.7. The van der Waals surface area contributed by atoms with Crippen molar-refractivity contribution in [3.05, 3.63) is 58.6 Å². The van der Waals surface area contributed by atoms with Crippen molar-refractivity contribution < 1.29 is 14.3 Å². The van der Waals surface area contributed by atoms with E-state index in [0.717, 1.165) is 38.2 Å². The number of piperidine rings is 1. The van der Waals surface area contributed by atoms with Gasteiger partial charge < -0.3 is 19.7 Å². The van der Waals surface area contributed by atoms with E-state index in [1.807, 2.05) is 24.3 Å². The number of amides is 1. The first kappa shape index (κ1) is 22.7. The summed E-state index contributed by atoms with van der Waals surface area (Å²) >= 11 is 11.7. The average Bonchev–Trinajstić information content (AvgIpc) is 2.74. The van der Waals surface area contributed by atoms with E-state index in [9.17, 15) is 4.79 Å². The summed E-state index contributed by atoms with van der Waals surface area (Å²) in [6, 6.07) is 14.6. The molecule has 7 heteroatoms. The van der Waals surface area contributed by atoms with Crippen LogP contribution in [0.4, 0.5) is 0 Å². The minimum Gasteiger partial charge on any atom is -0.493 e. The fraction of sp³-hybridized carbons (Fsp3) is 0.435. The number of hydrogen-bond donors (Lipinski definition) is 1. The summed E-state index contributed by atoms with van der Waals surface area (Å²) in [4.78, 5) is 14.6. The molecule has 0 bridgehead atoms. The van der Waals surface area contributed by atoms with Gasteiger partial charge in [0.1, 0.15) is 11.5 Å². The molecule has 0 aliphatic carbocycles. The Morgan fingerprint density at radius 1 is 1.00 bits per heavy atom. The first-order valence-electron chi connectivity index (χ1n) is 10.3. The molecule has 0 saturated carbocycles. The molecule has 1 amide bonds. The maximum Gasteiger partial charge on any atom is 0.258 e. The van der Waals surface area contributed by atoms with Gasteiger partial charge in [-0.25, -0.2) is 0 Å². The number of halogens is 2. The first-order valence-corrected chi connectivity index (χ1v) is 11.0. The van der Waals surface area contributed by atoms with Crippen LogP contribution < -0.4 is 14.8 Å². The van der Waals surface area contributed by atoms with Crippen molar-refractivity contribution >= 4 is 29.1 Å². The zero-order valence-electron chi connectivity index (χ0n) is 17.2. The Hall–Kier alpha value is -1.95. The van der Waals surface area contributed by atoms with Gasteiger partial charge in [-0.2, -0.15) is 0 Å². The van der Waals surface area contributed by atoms with Gasteiger partial charge in [0.25, 0.3) is 5.91 Å². The molecule has 2 aromatic rings. The Morgan fingerprint density at radius 3 is 2.10 bits per heavy atom. The molecule has 0 spiro atoms. The monoisotopic (exact) mass is 450 g/mol. The van der Waals surface area contributed by atoms with Crippen LogP contribution in [0.3, 0.4) is 0 Å². The summed E-state index contributed by atoms with van der Waals surface area (Å²) in [7, 11) is 0. The summed E-state index contributed by atoms with van der Waals surface area (Å²) in [5.41, 5.74) is 0. The fourth-order valence-electron chi connectivity index (χ4n) is 3.47. The van der Waals surface area contributed by atoms with E-state index < -0.39 is 0 Å². The van der Waals surface area contributed by atoms with Gasteiger partial charge in [0.15, 0.2) is 6.61 Å². The van der Waals surface area contributed by atoms with Gasteiger partial charge in [-0.1, -0.05) is 30.1 Å². The van der Waals surface area contributed by atoms with Crippen molar-refractivity contribution in [3.63, 3.8) is 0 Å². The summed E-state index contributed by atoms with van der Waals surface area (Å²) < 4.78 is 11.4. The molecule has 5 nitrogen and oxygen atoms in total. The van der Waals surface area contributed by atoms with Crippen LogP contribution in [0.1, 0.15) is 19.8 Å². The molecule has 0 aromatic heterocycles. The largest absolute Gasteiger partial charge is 0.493 e. The predicted octanol–water partition coefficient (Wildman–Crippen LogP) is 4.67. The second-order valence-corrected chi connectivity index (χ2v) is 8.63. The molecule has 1 N–H and O–H groups in total. The number of nitrogens with zero attached hydrogens (tertiary/aromatic N) is 1. The molecule has 30 heavy (non-hydrogen) atoms. The number of carbonyl (C=O) groups excluding carboxylic acids is 1. The van der Waals surface area contributed by atoms with Gasteiger partial charge in [-0.05, 0) is 61.4 Å². The van der Waals surface area contributed by atoms with Gasteiger partial charge in [0.2, 0.25) is 0 Å². The van der Waals surface area contributed by atoms with Gasteiger partial charge in [0.05, 0.1) is 6.61 Å². The fourth-order valence-corrected chi connectivity index (χ4v) is 3.72. The molecule has 0 radical (unpaired) electrons. The molecule has 3 rings (SSSR count). The number of hydrogen-bond acceptors (Lipinski definition) is 4. The van der Waals surface area contributed by atoms with Crippen molar-refractivity contribution in [2.24, 2.45) is 5.92 Å². The predicted molar refractivity (Wildman–Crippen MR) is 121 cm³/mol. The third kappa shape index (κ3) is 7.71. The van der Waals surface area contributed by atoms with Crippen LogP contribution in [0.5, 0.6) is 11.5 Å². The first-order chi connectivity index (χ1) is 14.5. The normalized spacial score (nSPS) is 16.1. The molecule has 1 aliphatic rings. The second-order valence-electron chi connectivity index (χ2n) is 7.76. The van der Waals surface area contributed by atoms with Crippen LogP contribution in [-0.2, 0) is 4.79 Å². The van der Waals surface area contributed by atoms with E-state index >= 15 is 0 Å². The van der Waals surface area contributed by atoms with E-state index in [1.165, 1.54) is 0 Å². The Balaban J connectivity index is 1.30. The Morgan fingerprint density at radius 2 is 1.53 bits per heavy atom. The molecular weight excluding hydrogens is 423 g/mol. The van der Waals surface area contributed by atoms with Crippen molar-refractivity contribution in [3.8, 4) is 11.5 Å². The lowest BCUT2D eigenvalue weighted by molar-refractivity contribution is -0.124. The smallest absolute Gasteiger partial charge is 0.258 e. The van der Waals surface area contributed by atoms with Crippen LogP contribution in [0.2, 0.25) is 10.0 Å². The van der Waals surface area contributed by atoms with E-state index in [-0.39, 0.29) is 18.6 Å². The molecule has 2 aromatic carbocycles. The second kappa shape index (κ2) is 11.4. The summed E-state index contributed by atoms with van der Waals surface area (Å²) in [5.74, 6) is 1.81. The summed E-state index contributed by atoms with van der Waals surface area (Å²) in [6.45, 7) is 5.79. The Labute approximate surface area is 188 Å². The zero-order chi connectivity index (χ0) is 21.3. The van der Waals surface area contributed by atoms with E-state index in [0.29, 0.717) is 28.3 Å². The minimum atomic E-state index is -0.0897. The Kier molecular flexibility index (Phi) is 8.67. The van der Waals surface area contributed by atoms with Crippen molar-refractivity contribution in [2.75, 3.05) is 32.8 Å². The Bertz CT molecular complexity index is 791. The molecule has 1 aliphatic heterocycles. The number of nitrogens with one attached hydrogen (secondary N) is 1. The van der Waals surface area contributed by atoms with E-state index in [4.69, 9.17) is 32.7 Å².